The summed E-state index contributed by atoms with van der Waals surface area (Å²) in [7, 11) is 1.87. The lowest BCUT2D eigenvalue weighted by Gasteiger charge is -2.67. The lowest BCUT2D eigenvalue weighted by Crippen LogP contribution is -2.80. The van der Waals surface area contributed by atoms with Gasteiger partial charge in [-0.15, -0.1) is 0 Å². The number of allylic oxidation sites excluding steroid dienone is 2. The molecule has 4 aliphatic carbocycles. The lowest BCUT2D eigenvalue weighted by atomic mass is 9.43. The molecule has 26 heavy (non-hydrogen) atoms. The fourth-order valence-corrected chi connectivity index (χ4v) is 7.97. The predicted molar refractivity (Wildman–Crippen MR) is 103 cm³/mol. The summed E-state index contributed by atoms with van der Waals surface area (Å²) in [6.45, 7) is 5.61. The molecule has 4 saturated carbocycles. The third kappa shape index (κ3) is 2.00. The van der Waals surface area contributed by atoms with Gasteiger partial charge in [0.05, 0.1) is 18.3 Å². The van der Waals surface area contributed by atoms with E-state index in [1.54, 1.807) is 5.57 Å². The maximum Gasteiger partial charge on any atom is 0.0921 e. The van der Waals surface area contributed by atoms with E-state index < -0.39 is 0 Å². The van der Waals surface area contributed by atoms with Crippen molar-refractivity contribution < 1.29 is 9.47 Å². The van der Waals surface area contributed by atoms with E-state index in [9.17, 15) is 0 Å². The minimum atomic E-state index is -0.312. The van der Waals surface area contributed by atoms with Gasteiger partial charge in [0.2, 0.25) is 0 Å². The van der Waals surface area contributed by atoms with E-state index in [1.165, 1.54) is 19.3 Å². The minimum absolute atomic E-state index is 0.0994. The first-order valence-electron chi connectivity index (χ1n) is 10.7. The molecule has 4 heteroatoms. The summed E-state index contributed by atoms with van der Waals surface area (Å²) in [4.78, 5) is 0. The monoisotopic (exact) mass is 360 g/mol. The van der Waals surface area contributed by atoms with Crippen molar-refractivity contribution in [2.45, 2.75) is 88.0 Å². The Kier molecular flexibility index (Phi) is 3.63. The Bertz CT molecular complexity index is 644. The van der Waals surface area contributed by atoms with Crippen molar-refractivity contribution in [3.63, 3.8) is 0 Å². The van der Waals surface area contributed by atoms with Crippen molar-refractivity contribution in [3.8, 4) is 0 Å². The van der Waals surface area contributed by atoms with Crippen molar-refractivity contribution >= 4 is 0 Å². The molecule has 0 aromatic heterocycles. The van der Waals surface area contributed by atoms with Crippen molar-refractivity contribution in [1.82, 2.24) is 0 Å². The second-order valence-corrected chi connectivity index (χ2v) is 10.4. The SMILES string of the molecule is C/C=C1/CCC2[C@@H]3C[C@@H](OC)C4CC5(CCC4(N)[C@@]3(N)CC[C@]12C)CO5. The highest BCUT2D eigenvalue weighted by molar-refractivity contribution is 5.31. The van der Waals surface area contributed by atoms with E-state index in [1.807, 2.05) is 7.11 Å². The molecule has 4 N–H and O–H groups in total. The molecule has 1 saturated heterocycles. The van der Waals surface area contributed by atoms with Crippen LogP contribution < -0.4 is 11.5 Å². The number of rotatable bonds is 1. The van der Waals surface area contributed by atoms with E-state index in [-0.39, 0.29) is 22.8 Å². The summed E-state index contributed by atoms with van der Waals surface area (Å²) < 4.78 is 11.9. The molecule has 1 aliphatic heterocycles. The van der Waals surface area contributed by atoms with Crippen LogP contribution in [-0.4, -0.2) is 36.5 Å². The van der Waals surface area contributed by atoms with E-state index in [2.05, 4.69) is 19.9 Å². The van der Waals surface area contributed by atoms with E-state index in [4.69, 9.17) is 20.9 Å². The summed E-state index contributed by atoms with van der Waals surface area (Å²) >= 11 is 0. The average molecular weight is 361 g/mol. The molecule has 5 aliphatic rings. The smallest absolute Gasteiger partial charge is 0.0921 e. The van der Waals surface area contributed by atoms with Crippen LogP contribution in [0.25, 0.3) is 0 Å². The molecule has 146 valence electrons. The zero-order valence-electron chi connectivity index (χ0n) is 16.7. The maximum atomic E-state index is 7.34. The van der Waals surface area contributed by atoms with Crippen LogP contribution in [0.3, 0.4) is 0 Å². The second kappa shape index (κ2) is 5.34. The van der Waals surface area contributed by atoms with Crippen molar-refractivity contribution in [1.29, 1.82) is 0 Å². The fourth-order valence-electron chi connectivity index (χ4n) is 7.97. The molecule has 0 amide bonds. The Balaban J connectivity index is 1.55. The molecule has 0 radical (unpaired) electrons. The van der Waals surface area contributed by atoms with Crippen LogP contribution in [0.2, 0.25) is 0 Å². The third-order valence-corrected chi connectivity index (χ3v) is 9.74. The number of nitrogens with two attached hydrogens (primary N) is 2. The van der Waals surface area contributed by atoms with Crippen molar-refractivity contribution in [2.24, 2.45) is 34.6 Å². The fraction of sp³-hybridized carbons (Fsp3) is 0.909. The highest BCUT2D eigenvalue weighted by Crippen LogP contribution is 2.66. The first-order chi connectivity index (χ1) is 12.3. The van der Waals surface area contributed by atoms with Crippen LogP contribution >= 0.6 is 0 Å². The number of hydrogen-bond acceptors (Lipinski definition) is 4. The maximum absolute atomic E-state index is 7.34. The zero-order chi connectivity index (χ0) is 18.4. The summed E-state index contributed by atoms with van der Waals surface area (Å²) in [5.41, 5.74) is 16.1. The standard InChI is InChI=1S/C22H36N2O2/c1-4-14-5-6-15-16-11-18(25-3)17-12-20(13-26-20)8-10-22(17,24)21(16,23)9-7-19(14,15)2/h4,15-18H,5-13,23-24H2,1-3H3/b14-4-/t15?,16-,17?,18+,19+,20?,21+,22?/m0/s1. The average Bonchev–Trinajstić information content (AvgIpc) is 3.30. The largest absolute Gasteiger partial charge is 0.381 e. The number of epoxide rings is 1. The van der Waals surface area contributed by atoms with Gasteiger partial charge in [-0.3, -0.25) is 0 Å². The van der Waals surface area contributed by atoms with Gasteiger partial charge in [-0.05, 0) is 75.5 Å². The van der Waals surface area contributed by atoms with Gasteiger partial charge in [-0.2, -0.15) is 0 Å². The number of methoxy groups -OCH3 is 1. The number of fused-ring (bicyclic) bond motifs is 5. The quantitative estimate of drug-likeness (QED) is 0.556. The molecule has 1 heterocycles. The van der Waals surface area contributed by atoms with Crippen LogP contribution in [0.1, 0.15) is 65.2 Å². The molecule has 4 nitrogen and oxygen atoms in total. The van der Waals surface area contributed by atoms with Gasteiger partial charge in [0.25, 0.3) is 0 Å². The molecular formula is C22H36N2O2. The van der Waals surface area contributed by atoms with E-state index >= 15 is 0 Å². The summed E-state index contributed by atoms with van der Waals surface area (Å²) in [5.74, 6) is 1.45. The second-order valence-electron chi connectivity index (χ2n) is 10.4. The molecule has 5 fully saturated rings. The van der Waals surface area contributed by atoms with Crippen molar-refractivity contribution in [3.05, 3.63) is 11.6 Å². The van der Waals surface area contributed by atoms with Crippen LogP contribution in [0, 0.1) is 23.2 Å². The van der Waals surface area contributed by atoms with Gasteiger partial charge in [-0.1, -0.05) is 18.6 Å². The molecule has 0 bridgehead atoms. The van der Waals surface area contributed by atoms with Crippen LogP contribution in [0.15, 0.2) is 11.6 Å². The first kappa shape index (κ1) is 17.7. The lowest BCUT2D eigenvalue weighted by molar-refractivity contribution is -0.147. The van der Waals surface area contributed by atoms with Gasteiger partial charge >= 0.3 is 0 Å². The molecule has 1 spiro atoms. The van der Waals surface area contributed by atoms with Crippen molar-refractivity contribution in [2.75, 3.05) is 13.7 Å². The van der Waals surface area contributed by atoms with Gasteiger partial charge in [0, 0.05) is 24.1 Å². The Morgan fingerprint density at radius 1 is 1.08 bits per heavy atom. The summed E-state index contributed by atoms with van der Waals surface area (Å²) in [6.07, 6.45) is 11.5. The molecule has 0 aromatic rings. The normalized spacial score (nSPS) is 59.8. The number of hydrogen-bond donors (Lipinski definition) is 2. The van der Waals surface area contributed by atoms with Crippen LogP contribution in [0.4, 0.5) is 0 Å². The van der Waals surface area contributed by atoms with Crippen LogP contribution in [0.5, 0.6) is 0 Å². The number of ether oxygens (including phenoxy) is 2. The van der Waals surface area contributed by atoms with Gasteiger partial charge in [-0.25, -0.2) is 0 Å². The topological polar surface area (TPSA) is 73.8 Å². The predicted octanol–water partition coefficient (Wildman–Crippen LogP) is 3.14. The zero-order valence-corrected chi connectivity index (χ0v) is 16.7. The third-order valence-electron chi connectivity index (χ3n) is 9.74. The van der Waals surface area contributed by atoms with E-state index in [0.717, 1.165) is 38.7 Å². The van der Waals surface area contributed by atoms with Gasteiger partial charge in [0.1, 0.15) is 0 Å². The molecule has 5 rings (SSSR count). The molecule has 4 unspecified atom stereocenters. The Labute approximate surface area is 158 Å². The molecule has 8 atom stereocenters. The summed E-state index contributed by atoms with van der Waals surface area (Å²) in [6, 6.07) is 0. The van der Waals surface area contributed by atoms with Crippen LogP contribution in [-0.2, 0) is 9.47 Å². The minimum Gasteiger partial charge on any atom is -0.381 e. The Morgan fingerprint density at radius 3 is 2.42 bits per heavy atom. The molecular weight excluding hydrogens is 324 g/mol. The first-order valence-corrected chi connectivity index (χ1v) is 10.7. The van der Waals surface area contributed by atoms with Gasteiger partial charge < -0.3 is 20.9 Å². The highest BCUT2D eigenvalue weighted by Gasteiger charge is 2.70. The summed E-state index contributed by atoms with van der Waals surface area (Å²) in [5, 5.41) is 0. The van der Waals surface area contributed by atoms with Gasteiger partial charge in [0.15, 0.2) is 0 Å². The Morgan fingerprint density at radius 2 is 1.77 bits per heavy atom. The van der Waals surface area contributed by atoms with E-state index in [0.29, 0.717) is 23.2 Å². The Hall–Kier alpha value is -0.420. The molecule has 0 aromatic carbocycles. The highest BCUT2D eigenvalue weighted by atomic mass is 16.6.